The smallest absolute Gasteiger partial charge is 0.0631 e. The third-order valence-electron chi connectivity index (χ3n) is 1.61. The van der Waals surface area contributed by atoms with Gasteiger partial charge in [-0.1, -0.05) is 59.0 Å². The van der Waals surface area contributed by atoms with Crippen LogP contribution in [0.15, 0.2) is 59.0 Å². The summed E-state index contributed by atoms with van der Waals surface area (Å²) in [6, 6.07) is 0. The second kappa shape index (κ2) is 2.89. The largest absolute Gasteiger partial charge is 0.121 e. The van der Waals surface area contributed by atoms with Gasteiger partial charge < -0.3 is 0 Å². The van der Waals surface area contributed by atoms with Crippen LogP contribution >= 0.6 is 0 Å². The summed E-state index contributed by atoms with van der Waals surface area (Å²) in [6.07, 6.45) is 17.1. The lowest BCUT2D eigenvalue weighted by atomic mass is 10.3. The van der Waals surface area contributed by atoms with Crippen molar-refractivity contribution in [3.63, 3.8) is 0 Å². The van der Waals surface area contributed by atoms with Crippen LogP contribution in [0.4, 0.5) is 0 Å². The van der Waals surface area contributed by atoms with Crippen molar-refractivity contribution in [1.29, 1.82) is 0 Å². The molecule has 2 bridgehead atoms. The van der Waals surface area contributed by atoms with Crippen LogP contribution in [-0.4, -0.2) is 9.52 Å². The van der Waals surface area contributed by atoms with Gasteiger partial charge in [0.05, 0.1) is 0 Å². The second-order valence-corrected chi connectivity index (χ2v) is 3.88. The number of rotatable bonds is 0. The van der Waals surface area contributed by atoms with E-state index in [1.807, 2.05) is 0 Å². The Morgan fingerprint density at radius 2 is 1.27 bits per heavy atom. The Kier molecular flexibility index (Phi) is 1.74. The molecular formula is C10H8Si. The summed E-state index contributed by atoms with van der Waals surface area (Å²) in [5, 5.41) is 2.82. The van der Waals surface area contributed by atoms with Gasteiger partial charge in [0.15, 0.2) is 0 Å². The Bertz CT molecular complexity index is 271. The molecule has 0 aromatic carbocycles. The van der Waals surface area contributed by atoms with E-state index in [4.69, 9.17) is 0 Å². The predicted molar refractivity (Wildman–Crippen MR) is 49.3 cm³/mol. The Labute approximate surface area is 69.1 Å². The minimum absolute atomic E-state index is 0.826. The normalized spacial score (nSPS) is 20.4. The maximum Gasteiger partial charge on any atom is 0.121 e. The molecule has 0 atom stereocenters. The molecule has 0 saturated heterocycles. The number of fused-ring (bicyclic) bond motifs is 2. The van der Waals surface area contributed by atoms with Crippen molar-refractivity contribution in [2.24, 2.45) is 0 Å². The molecule has 11 heavy (non-hydrogen) atoms. The zero-order valence-corrected chi connectivity index (χ0v) is 7.12. The van der Waals surface area contributed by atoms with Crippen LogP contribution in [0, 0.1) is 0 Å². The highest BCUT2D eigenvalue weighted by atomic mass is 28.2. The number of hydrogen-bond donors (Lipinski definition) is 0. The van der Waals surface area contributed by atoms with Crippen molar-refractivity contribution in [3.05, 3.63) is 59.0 Å². The SMILES string of the molecule is C1=CC=C2C=CC=CC(=C1)[Si]2. The van der Waals surface area contributed by atoms with Crippen LogP contribution in [0.25, 0.3) is 0 Å². The first-order chi connectivity index (χ1) is 5.45. The molecule has 0 nitrogen and oxygen atoms in total. The zero-order valence-electron chi connectivity index (χ0n) is 6.12. The molecule has 2 aliphatic rings. The minimum atomic E-state index is 0.826. The molecule has 0 N–H and O–H groups in total. The van der Waals surface area contributed by atoms with Gasteiger partial charge in [-0.05, 0) is 0 Å². The highest BCUT2D eigenvalue weighted by Crippen LogP contribution is 2.11. The molecule has 0 aliphatic carbocycles. The molecule has 0 amide bonds. The lowest BCUT2D eigenvalue weighted by Gasteiger charge is -1.94. The van der Waals surface area contributed by atoms with Crippen molar-refractivity contribution in [1.82, 2.24) is 0 Å². The Hall–Kier alpha value is -1.08. The molecule has 52 valence electrons. The first kappa shape index (κ1) is 6.62. The molecule has 1 heteroatoms. The maximum atomic E-state index is 2.17. The molecular weight excluding hydrogens is 148 g/mol. The highest BCUT2D eigenvalue weighted by Gasteiger charge is 2.01. The second-order valence-electron chi connectivity index (χ2n) is 2.47. The number of hydrogen-bond acceptors (Lipinski definition) is 0. The zero-order chi connectivity index (χ0) is 7.52. The lowest BCUT2D eigenvalue weighted by molar-refractivity contribution is 1.81. The van der Waals surface area contributed by atoms with E-state index in [1.165, 1.54) is 10.4 Å². The van der Waals surface area contributed by atoms with E-state index < -0.39 is 0 Å². The van der Waals surface area contributed by atoms with Crippen LogP contribution in [0.1, 0.15) is 0 Å². The third kappa shape index (κ3) is 1.49. The standard InChI is InChI=1S/C10H8Si/c1-2-6-10-8-4-3-7-9(5-1)11-10/h1-8H. The molecule has 0 fully saturated rings. The molecule has 0 saturated carbocycles. The third-order valence-corrected chi connectivity index (χ3v) is 2.86. The van der Waals surface area contributed by atoms with Gasteiger partial charge >= 0.3 is 0 Å². The predicted octanol–water partition coefficient (Wildman–Crippen LogP) is 2.15. The summed E-state index contributed by atoms with van der Waals surface area (Å²) >= 11 is 0. The summed E-state index contributed by atoms with van der Waals surface area (Å²) in [5.74, 6) is 0. The number of allylic oxidation sites excluding steroid dienone is 10. The van der Waals surface area contributed by atoms with E-state index in [2.05, 4.69) is 48.6 Å². The fourth-order valence-electron chi connectivity index (χ4n) is 1.08. The molecule has 2 heterocycles. The van der Waals surface area contributed by atoms with Crippen molar-refractivity contribution in [2.75, 3.05) is 0 Å². The van der Waals surface area contributed by atoms with Crippen molar-refractivity contribution < 1.29 is 0 Å². The molecule has 0 aromatic rings. The first-order valence-corrected chi connectivity index (χ1v) is 4.65. The topological polar surface area (TPSA) is 0 Å². The Balaban J connectivity index is 2.46. The lowest BCUT2D eigenvalue weighted by Crippen LogP contribution is -1.94. The van der Waals surface area contributed by atoms with E-state index in [0.717, 1.165) is 9.52 Å². The van der Waals surface area contributed by atoms with Crippen LogP contribution in [0.5, 0.6) is 0 Å². The van der Waals surface area contributed by atoms with Crippen LogP contribution < -0.4 is 0 Å². The maximum absolute atomic E-state index is 2.17. The molecule has 2 aliphatic heterocycles. The van der Waals surface area contributed by atoms with Gasteiger partial charge in [-0.2, -0.15) is 0 Å². The van der Waals surface area contributed by atoms with Crippen molar-refractivity contribution in [3.8, 4) is 0 Å². The van der Waals surface area contributed by atoms with Gasteiger partial charge in [-0.15, -0.1) is 0 Å². The summed E-state index contributed by atoms with van der Waals surface area (Å²) in [6.45, 7) is 0. The Morgan fingerprint density at radius 1 is 0.727 bits per heavy atom. The summed E-state index contributed by atoms with van der Waals surface area (Å²) in [4.78, 5) is 0. The average Bonchev–Trinajstić information content (AvgIpc) is 2.36. The van der Waals surface area contributed by atoms with Gasteiger partial charge in [0.25, 0.3) is 0 Å². The molecule has 2 radical (unpaired) electrons. The molecule has 0 unspecified atom stereocenters. The fourth-order valence-corrected chi connectivity index (χ4v) is 2.13. The Morgan fingerprint density at radius 3 is 1.82 bits per heavy atom. The summed E-state index contributed by atoms with van der Waals surface area (Å²) in [7, 11) is 0.826. The molecule has 2 rings (SSSR count). The quantitative estimate of drug-likeness (QED) is 0.471. The van der Waals surface area contributed by atoms with Crippen molar-refractivity contribution >= 4 is 9.52 Å². The van der Waals surface area contributed by atoms with E-state index in [9.17, 15) is 0 Å². The monoisotopic (exact) mass is 156 g/mol. The summed E-state index contributed by atoms with van der Waals surface area (Å²) in [5.41, 5.74) is 0. The van der Waals surface area contributed by atoms with Gasteiger partial charge in [0, 0.05) is 0 Å². The van der Waals surface area contributed by atoms with Crippen LogP contribution in [0.3, 0.4) is 0 Å². The average molecular weight is 156 g/mol. The summed E-state index contributed by atoms with van der Waals surface area (Å²) < 4.78 is 0. The van der Waals surface area contributed by atoms with E-state index in [-0.39, 0.29) is 0 Å². The molecule has 0 aromatic heterocycles. The van der Waals surface area contributed by atoms with Crippen LogP contribution in [-0.2, 0) is 0 Å². The minimum Gasteiger partial charge on any atom is -0.0631 e. The van der Waals surface area contributed by atoms with E-state index in [0.29, 0.717) is 0 Å². The highest BCUT2D eigenvalue weighted by molar-refractivity contribution is 6.56. The fraction of sp³-hybridized carbons (Fsp3) is 0. The van der Waals surface area contributed by atoms with Gasteiger partial charge in [0.2, 0.25) is 0 Å². The van der Waals surface area contributed by atoms with Crippen LogP contribution in [0.2, 0.25) is 0 Å². The van der Waals surface area contributed by atoms with Gasteiger partial charge in [0.1, 0.15) is 9.52 Å². The van der Waals surface area contributed by atoms with E-state index >= 15 is 0 Å². The first-order valence-electron chi connectivity index (χ1n) is 3.65. The van der Waals surface area contributed by atoms with Gasteiger partial charge in [-0.3, -0.25) is 0 Å². The van der Waals surface area contributed by atoms with Crippen molar-refractivity contribution in [2.45, 2.75) is 0 Å². The van der Waals surface area contributed by atoms with Gasteiger partial charge in [-0.25, -0.2) is 0 Å². The molecule has 0 spiro atoms. The van der Waals surface area contributed by atoms with E-state index in [1.54, 1.807) is 0 Å².